The highest BCUT2D eigenvalue weighted by Gasteiger charge is 2.23. The third kappa shape index (κ3) is 6.07. The highest BCUT2D eigenvalue weighted by atomic mass is 16.5. The van der Waals surface area contributed by atoms with Crippen LogP contribution in [0.1, 0.15) is 17.2 Å². The summed E-state index contributed by atoms with van der Waals surface area (Å²) >= 11 is 0. The zero-order chi connectivity index (χ0) is 20.5. The van der Waals surface area contributed by atoms with Crippen LogP contribution in [0, 0.1) is 0 Å². The number of hydrogen-bond donors (Lipinski definition) is 1. The van der Waals surface area contributed by atoms with Crippen LogP contribution in [-0.4, -0.2) is 57.9 Å². The van der Waals surface area contributed by atoms with Crippen LogP contribution < -0.4 is 14.8 Å². The van der Waals surface area contributed by atoms with Crippen LogP contribution in [-0.2, 0) is 9.53 Å². The first-order valence-corrected chi connectivity index (χ1v) is 9.75. The quantitative estimate of drug-likeness (QED) is 0.696. The van der Waals surface area contributed by atoms with Crippen molar-refractivity contribution in [3.8, 4) is 11.5 Å². The molecule has 0 radical (unpaired) electrons. The van der Waals surface area contributed by atoms with Crippen LogP contribution in [0.5, 0.6) is 11.5 Å². The maximum absolute atomic E-state index is 12.4. The lowest BCUT2D eigenvalue weighted by Crippen LogP contribution is -2.43. The van der Waals surface area contributed by atoms with Crippen molar-refractivity contribution in [2.45, 2.75) is 6.04 Å². The Bertz CT molecular complexity index is 797. The number of morpholine rings is 1. The molecule has 0 saturated carbocycles. The van der Waals surface area contributed by atoms with Crippen LogP contribution in [0.15, 0.2) is 54.6 Å². The molecular formula is C23H28N2O4. The number of carbonyl (C=O) groups is 1. The van der Waals surface area contributed by atoms with Crippen LogP contribution >= 0.6 is 0 Å². The van der Waals surface area contributed by atoms with E-state index in [4.69, 9.17) is 14.2 Å². The van der Waals surface area contributed by atoms with Gasteiger partial charge in [0, 0.05) is 25.7 Å². The number of benzene rings is 2. The molecule has 1 aliphatic heterocycles. The number of hydrogen-bond acceptors (Lipinski definition) is 5. The molecule has 0 aliphatic carbocycles. The molecule has 1 unspecified atom stereocenters. The van der Waals surface area contributed by atoms with Gasteiger partial charge in [-0.2, -0.15) is 0 Å². The maximum atomic E-state index is 12.4. The zero-order valence-electron chi connectivity index (χ0n) is 17.0. The van der Waals surface area contributed by atoms with Crippen molar-refractivity contribution in [3.05, 3.63) is 65.7 Å². The van der Waals surface area contributed by atoms with Gasteiger partial charge in [0.2, 0.25) is 5.91 Å². The smallest absolute Gasteiger partial charge is 0.244 e. The Kier molecular flexibility index (Phi) is 7.67. The van der Waals surface area contributed by atoms with E-state index >= 15 is 0 Å². The molecule has 2 aromatic rings. The first-order valence-electron chi connectivity index (χ1n) is 9.75. The predicted octanol–water partition coefficient (Wildman–Crippen LogP) is 2.91. The van der Waals surface area contributed by atoms with Crippen molar-refractivity contribution >= 4 is 12.0 Å². The number of amides is 1. The summed E-state index contributed by atoms with van der Waals surface area (Å²) in [6.45, 7) is 3.62. The molecule has 0 bridgehead atoms. The highest BCUT2D eigenvalue weighted by molar-refractivity contribution is 5.91. The van der Waals surface area contributed by atoms with E-state index in [9.17, 15) is 4.79 Å². The highest BCUT2D eigenvalue weighted by Crippen LogP contribution is 2.23. The largest absolute Gasteiger partial charge is 0.497 e. The Morgan fingerprint density at radius 1 is 1.03 bits per heavy atom. The van der Waals surface area contributed by atoms with Crippen LogP contribution in [0.25, 0.3) is 6.08 Å². The fourth-order valence-corrected chi connectivity index (χ4v) is 3.32. The standard InChI is InChI=1S/C23H28N2O4/c1-27-20-8-3-18(4-9-20)5-12-23(26)24-17-22(25-13-15-29-16-14-25)19-6-10-21(28-2)11-7-19/h3-12,22H,13-17H2,1-2H3,(H,24,26)/b12-5+. The number of methoxy groups -OCH3 is 2. The van der Waals surface area contributed by atoms with E-state index < -0.39 is 0 Å². The molecule has 154 valence electrons. The molecule has 1 fully saturated rings. The van der Waals surface area contributed by atoms with Crippen molar-refractivity contribution in [3.63, 3.8) is 0 Å². The number of rotatable bonds is 8. The Labute approximate surface area is 172 Å². The molecule has 1 heterocycles. The Morgan fingerprint density at radius 3 is 2.21 bits per heavy atom. The van der Waals surface area contributed by atoms with Gasteiger partial charge in [-0.15, -0.1) is 0 Å². The van der Waals surface area contributed by atoms with Gasteiger partial charge in [0.15, 0.2) is 0 Å². The second-order valence-corrected chi connectivity index (χ2v) is 6.79. The second-order valence-electron chi connectivity index (χ2n) is 6.79. The minimum absolute atomic E-state index is 0.0862. The third-order valence-corrected chi connectivity index (χ3v) is 5.00. The van der Waals surface area contributed by atoms with Gasteiger partial charge in [0.05, 0.1) is 33.5 Å². The van der Waals surface area contributed by atoms with Gasteiger partial charge in [-0.25, -0.2) is 0 Å². The minimum Gasteiger partial charge on any atom is -0.497 e. The predicted molar refractivity (Wildman–Crippen MR) is 113 cm³/mol. The van der Waals surface area contributed by atoms with Crippen LogP contribution in [0.2, 0.25) is 0 Å². The molecular weight excluding hydrogens is 368 g/mol. The van der Waals surface area contributed by atoms with Gasteiger partial charge in [0.1, 0.15) is 11.5 Å². The molecule has 1 atom stereocenters. The molecule has 6 heteroatoms. The molecule has 1 aliphatic rings. The SMILES string of the molecule is COc1ccc(/C=C/C(=O)NCC(c2ccc(OC)cc2)N2CCOCC2)cc1. The summed E-state index contributed by atoms with van der Waals surface area (Å²) < 4.78 is 15.9. The molecule has 1 saturated heterocycles. The van der Waals surface area contributed by atoms with Crippen molar-refractivity contribution in [1.29, 1.82) is 0 Å². The van der Waals surface area contributed by atoms with E-state index in [0.29, 0.717) is 19.8 Å². The fraction of sp³-hybridized carbons (Fsp3) is 0.348. The van der Waals surface area contributed by atoms with Crippen LogP contribution in [0.3, 0.4) is 0 Å². The van der Waals surface area contributed by atoms with E-state index in [1.54, 1.807) is 26.4 Å². The second kappa shape index (κ2) is 10.6. The van der Waals surface area contributed by atoms with Crippen molar-refractivity contribution in [1.82, 2.24) is 10.2 Å². The number of ether oxygens (including phenoxy) is 3. The van der Waals surface area contributed by atoms with Crippen LogP contribution in [0.4, 0.5) is 0 Å². The van der Waals surface area contributed by atoms with Gasteiger partial charge in [-0.3, -0.25) is 9.69 Å². The molecule has 29 heavy (non-hydrogen) atoms. The summed E-state index contributed by atoms with van der Waals surface area (Å²) in [5, 5.41) is 3.04. The van der Waals surface area contributed by atoms with E-state index in [1.165, 1.54) is 0 Å². The monoisotopic (exact) mass is 396 g/mol. The Hall–Kier alpha value is -2.83. The third-order valence-electron chi connectivity index (χ3n) is 5.00. The van der Waals surface area contributed by atoms with Gasteiger partial charge >= 0.3 is 0 Å². The van der Waals surface area contributed by atoms with Crippen molar-refractivity contribution in [2.24, 2.45) is 0 Å². The lowest BCUT2D eigenvalue weighted by Gasteiger charge is -2.34. The van der Waals surface area contributed by atoms with E-state index in [0.717, 1.165) is 35.7 Å². The van der Waals surface area contributed by atoms with Gasteiger partial charge < -0.3 is 19.5 Å². The average molecular weight is 396 g/mol. The van der Waals surface area contributed by atoms with Crippen molar-refractivity contribution < 1.29 is 19.0 Å². The summed E-state index contributed by atoms with van der Waals surface area (Å²) in [5.41, 5.74) is 2.09. The van der Waals surface area contributed by atoms with Gasteiger partial charge in [-0.1, -0.05) is 24.3 Å². The average Bonchev–Trinajstić information content (AvgIpc) is 2.79. The van der Waals surface area contributed by atoms with Gasteiger partial charge in [0.25, 0.3) is 0 Å². The Morgan fingerprint density at radius 2 is 1.62 bits per heavy atom. The molecule has 1 N–H and O–H groups in total. The summed E-state index contributed by atoms with van der Waals surface area (Å²) in [5.74, 6) is 1.49. The molecule has 6 nitrogen and oxygen atoms in total. The summed E-state index contributed by atoms with van der Waals surface area (Å²) in [6.07, 6.45) is 3.36. The molecule has 0 spiro atoms. The zero-order valence-corrected chi connectivity index (χ0v) is 17.0. The van der Waals surface area contributed by atoms with Crippen molar-refractivity contribution in [2.75, 3.05) is 47.1 Å². The fourth-order valence-electron chi connectivity index (χ4n) is 3.32. The first-order chi connectivity index (χ1) is 14.2. The molecule has 1 amide bonds. The van der Waals surface area contributed by atoms with E-state index in [-0.39, 0.29) is 11.9 Å². The molecule has 0 aromatic heterocycles. The van der Waals surface area contributed by atoms with E-state index in [2.05, 4.69) is 22.3 Å². The maximum Gasteiger partial charge on any atom is 0.244 e. The normalized spacial score (nSPS) is 15.8. The number of nitrogens with one attached hydrogen (secondary N) is 1. The lowest BCUT2D eigenvalue weighted by atomic mass is 10.0. The Balaban J connectivity index is 1.63. The minimum atomic E-state index is -0.118. The molecule has 3 rings (SSSR count). The van der Waals surface area contributed by atoms with E-state index in [1.807, 2.05) is 36.4 Å². The molecule has 2 aromatic carbocycles. The summed E-state index contributed by atoms with van der Waals surface area (Å²) in [7, 11) is 3.29. The summed E-state index contributed by atoms with van der Waals surface area (Å²) in [6, 6.07) is 15.7. The van der Waals surface area contributed by atoms with Gasteiger partial charge in [-0.05, 0) is 41.5 Å². The lowest BCUT2D eigenvalue weighted by molar-refractivity contribution is -0.116. The number of carbonyl (C=O) groups excluding carboxylic acids is 1. The topological polar surface area (TPSA) is 60.0 Å². The first kappa shape index (κ1) is 20.9. The summed E-state index contributed by atoms with van der Waals surface area (Å²) in [4.78, 5) is 14.7. The number of nitrogens with zero attached hydrogens (tertiary/aromatic N) is 1.